The number of aromatic nitrogens is 1. The van der Waals surface area contributed by atoms with Crippen molar-refractivity contribution < 1.29 is 19.1 Å². The van der Waals surface area contributed by atoms with Gasteiger partial charge in [0.25, 0.3) is 0 Å². The second-order valence-corrected chi connectivity index (χ2v) is 8.97. The standard InChI is InChI=1S/C23H21N3O4S2/c1-3-15-4-7-18(8-5-15)26(14(2)27)23-24-17(12-32-23)11-30-22(29)16-6-9-20-19(10-16)25-21(28)13-31-20/h4-10,12H,3,11,13H2,1-2H3,(H,25,28). The summed E-state index contributed by atoms with van der Waals surface area (Å²) in [6.07, 6.45) is 0.919. The molecule has 1 aliphatic rings. The van der Waals surface area contributed by atoms with Crippen LogP contribution in [0.15, 0.2) is 52.7 Å². The first-order valence-electron chi connectivity index (χ1n) is 10.0. The Kier molecular flexibility index (Phi) is 6.57. The molecule has 2 heterocycles. The number of aryl methyl sites for hydroxylation is 1. The van der Waals surface area contributed by atoms with Gasteiger partial charge in [-0.2, -0.15) is 0 Å². The summed E-state index contributed by atoms with van der Waals surface area (Å²) in [6, 6.07) is 12.9. The molecular weight excluding hydrogens is 446 g/mol. The van der Waals surface area contributed by atoms with Crippen molar-refractivity contribution in [2.45, 2.75) is 31.8 Å². The number of thioether (sulfide) groups is 1. The van der Waals surface area contributed by atoms with Gasteiger partial charge in [-0.15, -0.1) is 23.1 Å². The van der Waals surface area contributed by atoms with Gasteiger partial charge in [-0.05, 0) is 42.3 Å². The lowest BCUT2D eigenvalue weighted by Crippen LogP contribution is -2.22. The highest BCUT2D eigenvalue weighted by Gasteiger charge is 2.20. The van der Waals surface area contributed by atoms with Gasteiger partial charge >= 0.3 is 5.97 Å². The van der Waals surface area contributed by atoms with Crippen LogP contribution in [0.25, 0.3) is 0 Å². The molecule has 1 N–H and O–H groups in total. The van der Waals surface area contributed by atoms with Crippen LogP contribution in [0.1, 0.15) is 35.5 Å². The van der Waals surface area contributed by atoms with Crippen molar-refractivity contribution in [3.05, 3.63) is 64.7 Å². The fourth-order valence-corrected chi connectivity index (χ4v) is 4.87. The van der Waals surface area contributed by atoms with Gasteiger partial charge in [-0.3, -0.25) is 14.5 Å². The Morgan fingerprint density at radius 3 is 2.69 bits per heavy atom. The molecule has 3 aromatic rings. The van der Waals surface area contributed by atoms with Gasteiger partial charge < -0.3 is 10.1 Å². The highest BCUT2D eigenvalue weighted by Crippen LogP contribution is 2.32. The quantitative estimate of drug-likeness (QED) is 0.525. The van der Waals surface area contributed by atoms with E-state index in [9.17, 15) is 14.4 Å². The molecule has 0 unspecified atom stereocenters. The normalized spacial score (nSPS) is 12.6. The predicted molar refractivity (Wildman–Crippen MR) is 126 cm³/mol. The monoisotopic (exact) mass is 467 g/mol. The molecule has 0 saturated carbocycles. The van der Waals surface area contributed by atoms with Crippen molar-refractivity contribution in [3.63, 3.8) is 0 Å². The summed E-state index contributed by atoms with van der Waals surface area (Å²) in [6.45, 7) is 3.54. The predicted octanol–water partition coefficient (Wildman–Crippen LogP) is 4.79. The Hall–Kier alpha value is -3.17. The Bertz CT molecular complexity index is 1170. The number of fused-ring (bicyclic) bond motifs is 1. The SMILES string of the molecule is CCc1ccc(N(C(C)=O)c2nc(COC(=O)c3ccc4c(c3)NC(=O)CS4)cs2)cc1. The molecule has 1 aliphatic heterocycles. The molecule has 0 saturated heterocycles. The molecule has 0 atom stereocenters. The second kappa shape index (κ2) is 9.54. The summed E-state index contributed by atoms with van der Waals surface area (Å²) < 4.78 is 5.40. The molecule has 0 spiro atoms. The van der Waals surface area contributed by atoms with Crippen molar-refractivity contribution in [2.24, 2.45) is 0 Å². The Morgan fingerprint density at radius 1 is 1.19 bits per heavy atom. The molecule has 164 valence electrons. The highest BCUT2D eigenvalue weighted by atomic mass is 32.2. The number of thiazole rings is 1. The van der Waals surface area contributed by atoms with Crippen molar-refractivity contribution in [1.82, 2.24) is 4.98 Å². The number of rotatable bonds is 6. The minimum atomic E-state index is -0.509. The molecule has 0 bridgehead atoms. The summed E-state index contributed by atoms with van der Waals surface area (Å²) in [5, 5.41) is 5.04. The molecule has 2 amide bonds. The minimum absolute atomic E-state index is 0.0198. The van der Waals surface area contributed by atoms with Crippen LogP contribution >= 0.6 is 23.1 Å². The molecular formula is C23H21N3O4S2. The summed E-state index contributed by atoms with van der Waals surface area (Å²) >= 11 is 2.74. The third kappa shape index (κ3) is 4.84. The van der Waals surface area contributed by atoms with Gasteiger partial charge in [0.2, 0.25) is 11.8 Å². The summed E-state index contributed by atoms with van der Waals surface area (Å²) in [5.41, 5.74) is 3.44. The Labute approximate surface area is 193 Å². The first-order chi connectivity index (χ1) is 15.4. The average molecular weight is 468 g/mol. The molecule has 0 aliphatic carbocycles. The van der Waals surface area contributed by atoms with E-state index in [1.54, 1.807) is 28.5 Å². The van der Waals surface area contributed by atoms with E-state index < -0.39 is 5.97 Å². The Morgan fingerprint density at radius 2 is 1.97 bits per heavy atom. The average Bonchev–Trinajstić information content (AvgIpc) is 3.25. The van der Waals surface area contributed by atoms with E-state index in [1.807, 2.05) is 24.3 Å². The highest BCUT2D eigenvalue weighted by molar-refractivity contribution is 8.00. The zero-order valence-electron chi connectivity index (χ0n) is 17.6. The van der Waals surface area contributed by atoms with Gasteiger partial charge in [-0.1, -0.05) is 19.1 Å². The number of nitrogens with zero attached hydrogens (tertiary/aromatic N) is 2. The van der Waals surface area contributed by atoms with E-state index >= 15 is 0 Å². The first kappa shape index (κ1) is 22.0. The van der Waals surface area contributed by atoms with E-state index in [4.69, 9.17) is 4.74 Å². The molecule has 7 nitrogen and oxygen atoms in total. The molecule has 0 fully saturated rings. The van der Waals surface area contributed by atoms with Crippen LogP contribution < -0.4 is 10.2 Å². The van der Waals surface area contributed by atoms with E-state index in [0.29, 0.717) is 27.8 Å². The topological polar surface area (TPSA) is 88.6 Å². The maximum atomic E-state index is 12.5. The molecule has 32 heavy (non-hydrogen) atoms. The van der Waals surface area contributed by atoms with Crippen molar-refractivity contribution in [1.29, 1.82) is 0 Å². The third-order valence-electron chi connectivity index (χ3n) is 4.85. The van der Waals surface area contributed by atoms with E-state index in [2.05, 4.69) is 17.2 Å². The Balaban J connectivity index is 1.44. The van der Waals surface area contributed by atoms with Crippen LogP contribution in [-0.4, -0.2) is 28.5 Å². The fraction of sp³-hybridized carbons (Fsp3) is 0.217. The number of hydrogen-bond donors (Lipinski definition) is 1. The van der Waals surface area contributed by atoms with Crippen LogP contribution in [0.3, 0.4) is 0 Å². The number of carbonyl (C=O) groups excluding carboxylic acids is 3. The molecule has 1 aromatic heterocycles. The van der Waals surface area contributed by atoms with Gasteiger partial charge in [0, 0.05) is 17.2 Å². The van der Waals surface area contributed by atoms with Crippen molar-refractivity contribution in [2.75, 3.05) is 16.0 Å². The number of anilines is 3. The van der Waals surface area contributed by atoms with E-state index in [1.165, 1.54) is 35.6 Å². The molecule has 2 aromatic carbocycles. The lowest BCUT2D eigenvalue weighted by atomic mass is 10.1. The van der Waals surface area contributed by atoms with Crippen LogP contribution in [0.5, 0.6) is 0 Å². The maximum absolute atomic E-state index is 12.5. The van der Waals surface area contributed by atoms with Crippen molar-refractivity contribution >= 4 is 57.4 Å². The van der Waals surface area contributed by atoms with Crippen molar-refractivity contribution in [3.8, 4) is 0 Å². The molecule has 9 heteroatoms. The summed E-state index contributed by atoms with van der Waals surface area (Å²) in [4.78, 5) is 43.3. The maximum Gasteiger partial charge on any atom is 0.338 e. The first-order valence-corrected chi connectivity index (χ1v) is 11.9. The van der Waals surface area contributed by atoms with Gasteiger partial charge in [0.1, 0.15) is 6.61 Å². The second-order valence-electron chi connectivity index (χ2n) is 7.12. The fourth-order valence-electron chi connectivity index (χ4n) is 3.21. The number of nitrogens with one attached hydrogen (secondary N) is 1. The number of ether oxygens (including phenoxy) is 1. The lowest BCUT2D eigenvalue weighted by Gasteiger charge is -2.18. The van der Waals surface area contributed by atoms with Crippen LogP contribution in [0.4, 0.5) is 16.5 Å². The van der Waals surface area contributed by atoms with Gasteiger partial charge in [0.05, 0.1) is 28.4 Å². The van der Waals surface area contributed by atoms with Crippen LogP contribution in [0.2, 0.25) is 0 Å². The smallest absolute Gasteiger partial charge is 0.338 e. The minimum Gasteiger partial charge on any atom is -0.456 e. The largest absolute Gasteiger partial charge is 0.456 e. The van der Waals surface area contributed by atoms with Gasteiger partial charge in [-0.25, -0.2) is 9.78 Å². The number of esters is 1. The zero-order valence-corrected chi connectivity index (χ0v) is 19.2. The van der Waals surface area contributed by atoms with Gasteiger partial charge in [0.15, 0.2) is 5.13 Å². The van der Waals surface area contributed by atoms with E-state index in [-0.39, 0.29) is 18.4 Å². The number of amides is 2. The van der Waals surface area contributed by atoms with E-state index in [0.717, 1.165) is 17.0 Å². The molecule has 4 rings (SSSR count). The van der Waals surface area contributed by atoms with Crippen LogP contribution in [0, 0.1) is 0 Å². The number of carbonyl (C=O) groups is 3. The summed E-state index contributed by atoms with van der Waals surface area (Å²) in [5.74, 6) is -0.391. The van der Waals surface area contributed by atoms with Crippen LogP contribution in [-0.2, 0) is 27.4 Å². The zero-order chi connectivity index (χ0) is 22.7. The number of benzene rings is 2. The lowest BCUT2D eigenvalue weighted by molar-refractivity contribution is -0.116. The molecule has 0 radical (unpaired) electrons. The summed E-state index contributed by atoms with van der Waals surface area (Å²) in [7, 11) is 0. The number of hydrogen-bond acceptors (Lipinski definition) is 7. The third-order valence-corrected chi connectivity index (χ3v) is 6.80.